The van der Waals surface area contributed by atoms with E-state index < -0.39 is 0 Å². The lowest BCUT2D eigenvalue weighted by atomic mass is 10.0. The average molecular weight is 1060 g/mol. The smallest absolute Gasteiger partial charge is 0.0499 e. The Labute approximate surface area is 475 Å². The highest BCUT2D eigenvalue weighted by molar-refractivity contribution is 6.19. The van der Waals surface area contributed by atoms with Gasteiger partial charge in [-0.15, -0.1) is 0 Å². The summed E-state index contributed by atoms with van der Waals surface area (Å²) in [6.07, 6.45) is 45.5. The number of fused-ring (bicyclic) bond motifs is 12. The van der Waals surface area contributed by atoms with Crippen molar-refractivity contribution in [1.82, 2.24) is 18.3 Å². The van der Waals surface area contributed by atoms with Gasteiger partial charge < -0.3 is 18.3 Å². The van der Waals surface area contributed by atoms with Gasteiger partial charge in [0.2, 0.25) is 0 Å². The molecule has 0 radical (unpaired) electrons. The normalized spacial score (nSPS) is 12.4. The highest BCUT2D eigenvalue weighted by Gasteiger charge is 2.19. The van der Waals surface area contributed by atoms with Crippen molar-refractivity contribution in [2.75, 3.05) is 0 Å². The van der Waals surface area contributed by atoms with Gasteiger partial charge in [-0.1, -0.05) is 255 Å². The van der Waals surface area contributed by atoms with Crippen molar-refractivity contribution in [3.63, 3.8) is 0 Å². The maximum Gasteiger partial charge on any atom is 0.0499 e. The Balaban J connectivity index is 0.937. The predicted molar refractivity (Wildman–Crippen MR) is 350 cm³/mol. The van der Waals surface area contributed by atoms with Crippen molar-refractivity contribution >= 4 is 99.4 Å². The van der Waals surface area contributed by atoms with Crippen LogP contribution in [-0.4, -0.2) is 18.3 Å². The average Bonchev–Trinajstić information content (AvgIpc) is 4.28. The van der Waals surface area contributed by atoms with Crippen LogP contribution in [0.1, 0.15) is 225 Å². The van der Waals surface area contributed by atoms with Crippen LogP contribution in [0.2, 0.25) is 0 Å². The van der Waals surface area contributed by atoms with E-state index in [4.69, 9.17) is 0 Å². The molecule has 0 bridgehead atoms. The van der Waals surface area contributed by atoms with Gasteiger partial charge >= 0.3 is 0 Å². The lowest BCUT2D eigenvalue weighted by Crippen LogP contribution is -1.99. The quantitative estimate of drug-likeness (QED) is 0.0279. The first-order chi connectivity index (χ1) is 39.1. The maximum atomic E-state index is 2.68. The zero-order chi connectivity index (χ0) is 54.2. The summed E-state index contributed by atoms with van der Waals surface area (Å²) < 4.78 is 10.4. The zero-order valence-electron chi connectivity index (χ0n) is 49.7. The molecule has 4 heterocycles. The summed E-state index contributed by atoms with van der Waals surface area (Å²) in [4.78, 5) is 0. The number of aryl methyl sites for hydroxylation is 4. The number of benzene rings is 6. The number of nitrogens with zero attached hydrogens (tertiary/aromatic N) is 4. The summed E-state index contributed by atoms with van der Waals surface area (Å²) in [6.45, 7) is 10.1. The molecular weight excluding hydrogens is 957 g/mol. The van der Waals surface area contributed by atoms with Gasteiger partial charge in [-0.3, -0.25) is 0 Å². The fourth-order valence-electron chi connectivity index (χ4n) is 13.8. The van der Waals surface area contributed by atoms with Crippen molar-refractivity contribution in [1.29, 1.82) is 0 Å². The number of aromatic nitrogens is 4. The van der Waals surface area contributed by atoms with Gasteiger partial charge in [-0.05, 0) is 91.1 Å². The van der Waals surface area contributed by atoms with Crippen LogP contribution in [0.3, 0.4) is 0 Å². The topological polar surface area (TPSA) is 19.7 Å². The third-order valence-electron chi connectivity index (χ3n) is 18.4. The van der Waals surface area contributed by atoms with Crippen LogP contribution in [0.4, 0.5) is 0 Å². The number of rotatable bonds is 35. The molecule has 0 amide bonds. The number of hydrogen-bond acceptors (Lipinski definition) is 0. The molecule has 0 atom stereocenters. The van der Waals surface area contributed by atoms with Crippen molar-refractivity contribution in [2.24, 2.45) is 7.05 Å². The molecule has 0 aliphatic rings. The van der Waals surface area contributed by atoms with Crippen molar-refractivity contribution in [2.45, 2.75) is 233 Å². The van der Waals surface area contributed by atoms with Crippen molar-refractivity contribution in [3.05, 3.63) is 120 Å². The van der Waals surface area contributed by atoms with Crippen LogP contribution in [0.15, 0.2) is 109 Å². The third kappa shape index (κ3) is 13.4. The second-order valence-electron chi connectivity index (χ2n) is 24.3. The highest BCUT2D eigenvalue weighted by atomic mass is 15.0. The summed E-state index contributed by atoms with van der Waals surface area (Å²) in [6, 6.07) is 42.9. The van der Waals surface area contributed by atoms with E-state index >= 15 is 0 Å². The molecular formula is C75H98N4. The van der Waals surface area contributed by atoms with Crippen LogP contribution < -0.4 is 0 Å². The summed E-state index contributed by atoms with van der Waals surface area (Å²) >= 11 is 0. The Kier molecular flexibility index (Phi) is 20.5. The van der Waals surface area contributed by atoms with Crippen LogP contribution >= 0.6 is 0 Å². The second kappa shape index (κ2) is 28.6. The molecule has 6 aromatic carbocycles. The molecule has 0 aliphatic heterocycles. The van der Waals surface area contributed by atoms with E-state index in [1.54, 1.807) is 0 Å². The van der Waals surface area contributed by atoms with Crippen LogP contribution in [-0.2, 0) is 26.7 Å². The monoisotopic (exact) mass is 1050 g/mol. The molecule has 0 saturated heterocycles. The number of para-hydroxylation sites is 2. The van der Waals surface area contributed by atoms with Crippen LogP contribution in [0.25, 0.3) is 99.4 Å². The second-order valence-corrected chi connectivity index (χ2v) is 24.3. The summed E-state index contributed by atoms with van der Waals surface area (Å²) in [7, 11) is 2.24. The van der Waals surface area contributed by atoms with E-state index in [9.17, 15) is 0 Å². The Hall–Kier alpha value is -5.74. The van der Waals surface area contributed by atoms with E-state index in [2.05, 4.69) is 167 Å². The van der Waals surface area contributed by atoms with Crippen LogP contribution in [0.5, 0.6) is 0 Å². The molecule has 0 saturated carbocycles. The van der Waals surface area contributed by atoms with E-state index in [0.29, 0.717) is 0 Å². The lowest BCUT2D eigenvalue weighted by molar-refractivity contribution is 0.541. The Morgan fingerprint density at radius 3 is 0.924 bits per heavy atom. The van der Waals surface area contributed by atoms with Gasteiger partial charge in [0.1, 0.15) is 0 Å². The van der Waals surface area contributed by atoms with Gasteiger partial charge in [0.25, 0.3) is 0 Å². The molecule has 10 aromatic rings. The Bertz CT molecular complexity index is 3560. The van der Waals surface area contributed by atoms with Gasteiger partial charge in [0.15, 0.2) is 0 Å². The van der Waals surface area contributed by atoms with E-state index in [-0.39, 0.29) is 0 Å². The van der Waals surface area contributed by atoms with Gasteiger partial charge in [-0.25, -0.2) is 0 Å². The lowest BCUT2D eigenvalue weighted by Gasteiger charge is -2.09. The van der Waals surface area contributed by atoms with E-state index in [1.165, 1.54) is 291 Å². The van der Waals surface area contributed by atoms with Crippen molar-refractivity contribution < 1.29 is 0 Å². The van der Waals surface area contributed by atoms with E-state index in [0.717, 1.165) is 19.6 Å². The molecule has 0 spiro atoms. The number of hydrogen-bond donors (Lipinski definition) is 0. The molecule has 4 aromatic heterocycles. The van der Waals surface area contributed by atoms with E-state index in [1.807, 2.05) is 0 Å². The SMILES string of the molecule is CCCCCCCCCCCCn1c2ccc(/C=C/c3ccc4c(c3)c3cc5c(cc3n4CCCCCCCCCCCC)c3ccccc3n5CCCCCCCCCCCC)cc2c2cc3c(cc21)c1ccccc1n3C. The molecule has 4 heteroatoms. The third-order valence-corrected chi connectivity index (χ3v) is 18.4. The molecule has 0 unspecified atom stereocenters. The Morgan fingerprint density at radius 1 is 0.253 bits per heavy atom. The molecule has 0 fully saturated rings. The molecule has 0 N–H and O–H groups in total. The maximum absolute atomic E-state index is 2.68. The standard InChI is InChI=1S/C75H98N4/c1-5-8-11-14-17-20-23-26-29-36-49-77-69-42-35-33-40-61(69)65-56-75-67(57-73(65)77)63-53-59(46-48-71(63)79(75)51-38-31-28-25-22-19-16-13-10-7-3)44-43-58-45-47-70-62(52-58)66-54-72-64(60-39-32-34-41-68(60)76(72)4)55-74(66)78(70)50-37-30-27-24-21-18-15-12-9-6-2/h32-35,39-48,52-57H,5-31,36-38,49-51H2,1-4H3/b44-43+. The molecule has 10 rings (SSSR count). The van der Waals surface area contributed by atoms with Crippen molar-refractivity contribution in [3.8, 4) is 0 Å². The minimum Gasteiger partial charge on any atom is -0.344 e. The van der Waals surface area contributed by atoms with Crippen LogP contribution in [0, 0.1) is 0 Å². The van der Waals surface area contributed by atoms with Gasteiger partial charge in [0.05, 0.1) is 0 Å². The molecule has 418 valence electrons. The minimum atomic E-state index is 1.06. The zero-order valence-corrected chi connectivity index (χ0v) is 49.7. The first-order valence-corrected chi connectivity index (χ1v) is 32.7. The first-order valence-electron chi connectivity index (χ1n) is 32.7. The Morgan fingerprint density at radius 2 is 0.532 bits per heavy atom. The highest BCUT2D eigenvalue weighted by Crippen LogP contribution is 2.40. The first kappa shape index (κ1) is 56.5. The minimum absolute atomic E-state index is 1.06. The largest absolute Gasteiger partial charge is 0.344 e. The van der Waals surface area contributed by atoms with Gasteiger partial charge in [-0.2, -0.15) is 0 Å². The number of unbranched alkanes of at least 4 members (excludes halogenated alkanes) is 27. The molecule has 0 aliphatic carbocycles. The predicted octanol–water partition coefficient (Wildman–Crippen LogP) is 23.6. The summed E-state index contributed by atoms with van der Waals surface area (Å²) in [5.74, 6) is 0. The molecule has 4 nitrogen and oxygen atoms in total. The van der Waals surface area contributed by atoms with Gasteiger partial charge in [0, 0.05) is 114 Å². The molecule has 79 heavy (non-hydrogen) atoms. The fraction of sp³-hybridized carbons (Fsp3) is 0.493. The summed E-state index contributed by atoms with van der Waals surface area (Å²) in [5, 5.41) is 11.0. The summed E-state index contributed by atoms with van der Waals surface area (Å²) in [5.41, 5.74) is 13.4. The fourth-order valence-corrected chi connectivity index (χ4v) is 13.8.